The molecule has 3 nitrogen and oxygen atoms in total. The zero-order valence-corrected chi connectivity index (χ0v) is 14.5. The van der Waals surface area contributed by atoms with Crippen LogP contribution in [-0.2, 0) is 4.79 Å². The van der Waals surface area contributed by atoms with Crippen LogP contribution >= 0.6 is 0 Å². The molecule has 2 N–H and O–H groups in total. The Balaban J connectivity index is 1.65. The molecule has 0 radical (unpaired) electrons. The summed E-state index contributed by atoms with van der Waals surface area (Å²) in [5.74, 6) is -4.94. The van der Waals surface area contributed by atoms with Crippen LogP contribution in [0.4, 0.5) is 24.5 Å². The average Bonchev–Trinajstić information content (AvgIpc) is 2.69. The van der Waals surface area contributed by atoms with Gasteiger partial charge in [0.1, 0.15) is 6.04 Å². The van der Waals surface area contributed by atoms with Crippen LogP contribution in [0.15, 0.2) is 66.7 Å². The maximum atomic E-state index is 13.7. The topological polar surface area (TPSA) is 41.1 Å². The Morgan fingerprint density at radius 2 is 1.44 bits per heavy atom. The molecule has 0 aliphatic carbocycles. The van der Waals surface area contributed by atoms with E-state index in [9.17, 15) is 18.0 Å². The molecule has 6 heteroatoms. The van der Waals surface area contributed by atoms with Crippen LogP contribution in [-0.4, -0.2) is 11.9 Å². The summed E-state index contributed by atoms with van der Waals surface area (Å²) in [6, 6.07) is 18.3. The number of nitrogens with one attached hydrogen (secondary N) is 2. The van der Waals surface area contributed by atoms with Gasteiger partial charge in [-0.05, 0) is 42.3 Å². The monoisotopic (exact) mass is 370 g/mol. The third-order valence-electron chi connectivity index (χ3n) is 4.06. The highest BCUT2D eigenvalue weighted by molar-refractivity contribution is 5.96. The fourth-order valence-corrected chi connectivity index (χ4v) is 2.57. The largest absolute Gasteiger partial charge is 0.374 e. The number of hydrogen-bond donors (Lipinski definition) is 2. The molecule has 27 heavy (non-hydrogen) atoms. The second-order valence-corrected chi connectivity index (χ2v) is 6.02. The first-order valence-corrected chi connectivity index (χ1v) is 8.32. The lowest BCUT2D eigenvalue weighted by molar-refractivity contribution is -0.116. The van der Waals surface area contributed by atoms with Crippen molar-refractivity contribution in [2.45, 2.75) is 13.0 Å². The molecule has 3 aromatic carbocycles. The second-order valence-electron chi connectivity index (χ2n) is 6.02. The molecule has 1 amide bonds. The van der Waals surface area contributed by atoms with Crippen molar-refractivity contribution >= 4 is 17.3 Å². The molecule has 0 aliphatic heterocycles. The summed E-state index contributed by atoms with van der Waals surface area (Å²) in [5, 5.41) is 5.24. The summed E-state index contributed by atoms with van der Waals surface area (Å²) in [6.45, 7) is 1.58. The number of benzene rings is 3. The highest BCUT2D eigenvalue weighted by Gasteiger charge is 2.18. The van der Waals surface area contributed by atoms with Crippen molar-refractivity contribution in [1.82, 2.24) is 0 Å². The normalized spacial score (nSPS) is 11.7. The van der Waals surface area contributed by atoms with Crippen molar-refractivity contribution in [3.63, 3.8) is 0 Å². The summed E-state index contributed by atoms with van der Waals surface area (Å²) in [5.41, 5.74) is 2.39. The van der Waals surface area contributed by atoms with Crippen molar-refractivity contribution in [1.29, 1.82) is 0 Å². The average molecular weight is 370 g/mol. The van der Waals surface area contributed by atoms with E-state index in [-0.39, 0.29) is 0 Å². The summed E-state index contributed by atoms with van der Waals surface area (Å²) in [6.07, 6.45) is 0. The molecule has 0 aliphatic rings. The van der Waals surface area contributed by atoms with Crippen LogP contribution < -0.4 is 10.6 Å². The number of rotatable bonds is 5. The Labute approximate surface area is 154 Å². The predicted octanol–water partition coefficient (Wildman–Crippen LogP) is 5.21. The molecule has 1 atom stereocenters. The van der Waals surface area contributed by atoms with Gasteiger partial charge in [0.05, 0.1) is 5.69 Å². The first-order valence-electron chi connectivity index (χ1n) is 8.32. The van der Waals surface area contributed by atoms with Crippen LogP contribution in [0.5, 0.6) is 0 Å². The van der Waals surface area contributed by atoms with Gasteiger partial charge in [0.2, 0.25) is 5.91 Å². The Kier molecular flexibility index (Phi) is 5.45. The molecule has 3 aromatic rings. The molecule has 0 bridgehead atoms. The van der Waals surface area contributed by atoms with Gasteiger partial charge in [-0.1, -0.05) is 42.5 Å². The van der Waals surface area contributed by atoms with E-state index in [1.54, 1.807) is 6.92 Å². The van der Waals surface area contributed by atoms with E-state index in [0.717, 1.165) is 23.3 Å². The van der Waals surface area contributed by atoms with Crippen molar-refractivity contribution in [3.8, 4) is 11.1 Å². The minimum absolute atomic E-state index is 0.410. The minimum atomic E-state index is -1.62. The highest BCUT2D eigenvalue weighted by Crippen LogP contribution is 2.22. The third kappa shape index (κ3) is 4.28. The number of halogens is 3. The molecule has 0 unspecified atom stereocenters. The Hall–Kier alpha value is -3.28. The van der Waals surface area contributed by atoms with E-state index in [2.05, 4.69) is 10.6 Å². The molecule has 0 heterocycles. The van der Waals surface area contributed by atoms with Gasteiger partial charge in [-0.25, -0.2) is 13.2 Å². The lowest BCUT2D eigenvalue weighted by atomic mass is 10.1. The van der Waals surface area contributed by atoms with Crippen molar-refractivity contribution in [2.75, 3.05) is 10.6 Å². The van der Waals surface area contributed by atoms with Gasteiger partial charge in [0.15, 0.2) is 17.5 Å². The van der Waals surface area contributed by atoms with Gasteiger partial charge in [0, 0.05) is 5.69 Å². The fraction of sp³-hybridized carbons (Fsp3) is 0.0952. The van der Waals surface area contributed by atoms with E-state index in [4.69, 9.17) is 0 Å². The molecule has 3 rings (SSSR count). The van der Waals surface area contributed by atoms with Gasteiger partial charge in [-0.2, -0.15) is 0 Å². The molecule has 0 saturated carbocycles. The summed E-state index contributed by atoms with van der Waals surface area (Å²) >= 11 is 0. The number of carbonyl (C=O) groups is 1. The number of amides is 1. The van der Waals surface area contributed by atoms with Gasteiger partial charge in [0.25, 0.3) is 0 Å². The molecule has 0 aromatic heterocycles. The molecular formula is C21H17F3N2O. The highest BCUT2D eigenvalue weighted by atomic mass is 19.2. The maximum absolute atomic E-state index is 13.7. The first kappa shape index (κ1) is 18.5. The zero-order valence-electron chi connectivity index (χ0n) is 14.5. The van der Waals surface area contributed by atoms with Gasteiger partial charge in [-0.15, -0.1) is 0 Å². The van der Waals surface area contributed by atoms with E-state index < -0.39 is 35.1 Å². The Morgan fingerprint density at radius 1 is 0.815 bits per heavy atom. The smallest absolute Gasteiger partial charge is 0.246 e. The minimum Gasteiger partial charge on any atom is -0.374 e. The fourth-order valence-electron chi connectivity index (χ4n) is 2.57. The van der Waals surface area contributed by atoms with Crippen LogP contribution in [0, 0.1) is 17.5 Å². The molecular weight excluding hydrogens is 353 g/mol. The van der Waals surface area contributed by atoms with E-state index >= 15 is 0 Å². The van der Waals surface area contributed by atoms with Crippen LogP contribution in [0.3, 0.4) is 0 Å². The SMILES string of the molecule is C[C@@H](Nc1ccc(-c2ccccc2)cc1)C(=O)Nc1ccc(F)c(F)c1F. The lowest BCUT2D eigenvalue weighted by Crippen LogP contribution is -2.32. The first-order chi connectivity index (χ1) is 13.0. The number of hydrogen-bond acceptors (Lipinski definition) is 2. The third-order valence-corrected chi connectivity index (χ3v) is 4.06. The van der Waals surface area contributed by atoms with Crippen LogP contribution in [0.1, 0.15) is 6.92 Å². The van der Waals surface area contributed by atoms with Crippen molar-refractivity contribution < 1.29 is 18.0 Å². The molecule has 0 spiro atoms. The van der Waals surface area contributed by atoms with Crippen LogP contribution in [0.25, 0.3) is 11.1 Å². The Morgan fingerprint density at radius 3 is 2.11 bits per heavy atom. The summed E-state index contributed by atoms with van der Waals surface area (Å²) < 4.78 is 39.9. The molecule has 0 saturated heterocycles. The van der Waals surface area contributed by atoms with Gasteiger partial charge >= 0.3 is 0 Å². The number of carbonyl (C=O) groups excluding carboxylic acids is 1. The van der Waals surface area contributed by atoms with Crippen LogP contribution in [0.2, 0.25) is 0 Å². The van der Waals surface area contributed by atoms with E-state index in [0.29, 0.717) is 5.69 Å². The molecule has 0 fully saturated rings. The van der Waals surface area contributed by atoms with Crippen molar-refractivity contribution in [3.05, 3.63) is 84.2 Å². The number of anilines is 2. The van der Waals surface area contributed by atoms with Gasteiger partial charge < -0.3 is 10.6 Å². The summed E-state index contributed by atoms with van der Waals surface area (Å²) in [4.78, 5) is 12.2. The zero-order chi connectivity index (χ0) is 19.4. The quantitative estimate of drug-likeness (QED) is 0.606. The van der Waals surface area contributed by atoms with Crippen molar-refractivity contribution in [2.24, 2.45) is 0 Å². The van der Waals surface area contributed by atoms with E-state index in [1.165, 1.54) is 0 Å². The summed E-state index contributed by atoms with van der Waals surface area (Å²) in [7, 11) is 0. The predicted molar refractivity (Wildman–Crippen MR) is 99.9 cm³/mol. The second kappa shape index (κ2) is 7.95. The Bertz CT molecular complexity index is 944. The standard InChI is InChI=1S/C21H17F3N2O/c1-13(21(27)26-18-12-11-17(22)19(23)20(18)24)25-16-9-7-15(8-10-16)14-5-3-2-4-6-14/h2-13,25H,1H3,(H,26,27)/t13-/m1/s1. The lowest BCUT2D eigenvalue weighted by Gasteiger charge is -2.16. The maximum Gasteiger partial charge on any atom is 0.246 e. The molecule has 138 valence electrons. The van der Waals surface area contributed by atoms with E-state index in [1.807, 2.05) is 54.6 Å². The van der Waals surface area contributed by atoms with Gasteiger partial charge in [-0.3, -0.25) is 4.79 Å².